The largest absolute Gasteiger partial charge is 0.336 e. The lowest BCUT2D eigenvalue weighted by atomic mass is 10.1. The number of carbonyl (C=O) groups is 2. The van der Waals surface area contributed by atoms with Crippen molar-refractivity contribution in [3.8, 4) is 0 Å². The van der Waals surface area contributed by atoms with Gasteiger partial charge in [-0.15, -0.1) is 0 Å². The Hall–Kier alpha value is -2.63. The Morgan fingerprint density at radius 3 is 2.63 bits per heavy atom. The second kappa shape index (κ2) is 8.37. The molecular formula is C21H28N4O2. The first-order valence-electron chi connectivity index (χ1n) is 9.66. The normalized spacial score (nSPS) is 18.1. The van der Waals surface area contributed by atoms with Gasteiger partial charge in [0.15, 0.2) is 0 Å². The molecule has 1 aliphatic rings. The second-order valence-corrected chi connectivity index (χ2v) is 7.37. The van der Waals surface area contributed by atoms with E-state index in [0.29, 0.717) is 31.6 Å². The van der Waals surface area contributed by atoms with Crippen LogP contribution < -0.4 is 0 Å². The van der Waals surface area contributed by atoms with E-state index in [0.717, 1.165) is 12.0 Å². The van der Waals surface area contributed by atoms with Crippen LogP contribution in [0.4, 0.5) is 0 Å². The number of hydrogen-bond acceptors (Lipinski definition) is 3. The minimum absolute atomic E-state index is 0.0179. The van der Waals surface area contributed by atoms with Crippen LogP contribution in [0.2, 0.25) is 0 Å². The third-order valence-corrected chi connectivity index (χ3v) is 5.12. The van der Waals surface area contributed by atoms with Gasteiger partial charge in [-0.1, -0.05) is 37.3 Å². The molecule has 0 unspecified atom stereocenters. The van der Waals surface area contributed by atoms with Crippen LogP contribution in [0.5, 0.6) is 0 Å². The molecule has 1 aliphatic heterocycles. The van der Waals surface area contributed by atoms with Crippen LogP contribution in [0.3, 0.4) is 0 Å². The molecule has 0 spiro atoms. The fourth-order valence-corrected chi connectivity index (χ4v) is 3.47. The zero-order valence-corrected chi connectivity index (χ0v) is 16.3. The Kier molecular flexibility index (Phi) is 5.94. The first-order chi connectivity index (χ1) is 13.0. The Morgan fingerprint density at radius 1 is 1.26 bits per heavy atom. The van der Waals surface area contributed by atoms with Crippen molar-refractivity contribution >= 4 is 11.8 Å². The number of hydrogen-bond donors (Lipinski definition) is 0. The van der Waals surface area contributed by atoms with E-state index in [-0.39, 0.29) is 23.9 Å². The first-order valence-corrected chi connectivity index (χ1v) is 9.66. The molecule has 1 fully saturated rings. The van der Waals surface area contributed by atoms with Gasteiger partial charge in [-0.2, -0.15) is 5.10 Å². The van der Waals surface area contributed by atoms with Gasteiger partial charge < -0.3 is 9.80 Å². The quantitative estimate of drug-likeness (QED) is 0.815. The van der Waals surface area contributed by atoms with Crippen LogP contribution in [0.25, 0.3) is 0 Å². The van der Waals surface area contributed by atoms with Crippen LogP contribution in [-0.4, -0.2) is 50.5 Å². The van der Waals surface area contributed by atoms with Gasteiger partial charge in [0.1, 0.15) is 0 Å². The standard InChI is InChI=1S/C21H28N4O2/c1-4-19-15-23(21(27)18-12-22-25(14-18)16(2)3)11-10-20(26)24(19)13-17-8-6-5-7-9-17/h5-9,12,14,16,19H,4,10-11,13,15H2,1-3H3/t19-/m1/s1. The molecule has 0 bridgehead atoms. The van der Waals surface area contributed by atoms with Crippen molar-refractivity contribution < 1.29 is 9.59 Å². The fourth-order valence-electron chi connectivity index (χ4n) is 3.47. The average molecular weight is 368 g/mol. The highest BCUT2D eigenvalue weighted by Gasteiger charge is 2.31. The maximum absolute atomic E-state index is 13.0. The predicted molar refractivity (Wildman–Crippen MR) is 104 cm³/mol. The minimum atomic E-state index is -0.0466. The van der Waals surface area contributed by atoms with Crippen LogP contribution in [-0.2, 0) is 11.3 Å². The first kappa shape index (κ1) is 19.1. The molecule has 2 aromatic rings. The molecule has 0 saturated carbocycles. The van der Waals surface area contributed by atoms with E-state index < -0.39 is 0 Å². The maximum Gasteiger partial charge on any atom is 0.257 e. The topological polar surface area (TPSA) is 58.4 Å². The van der Waals surface area contributed by atoms with E-state index in [1.807, 2.05) is 49.1 Å². The second-order valence-electron chi connectivity index (χ2n) is 7.37. The monoisotopic (exact) mass is 368 g/mol. The lowest BCUT2D eigenvalue weighted by Gasteiger charge is -2.31. The molecule has 1 atom stereocenters. The molecular weight excluding hydrogens is 340 g/mol. The number of rotatable bonds is 5. The van der Waals surface area contributed by atoms with Gasteiger partial charge in [-0.25, -0.2) is 0 Å². The molecule has 6 heteroatoms. The highest BCUT2D eigenvalue weighted by atomic mass is 16.2. The van der Waals surface area contributed by atoms with E-state index in [1.165, 1.54) is 0 Å². The molecule has 0 aliphatic carbocycles. The molecule has 0 radical (unpaired) electrons. The summed E-state index contributed by atoms with van der Waals surface area (Å²) in [4.78, 5) is 29.5. The van der Waals surface area contributed by atoms with Crippen molar-refractivity contribution in [1.29, 1.82) is 0 Å². The summed E-state index contributed by atoms with van der Waals surface area (Å²) in [6.07, 6.45) is 4.58. The van der Waals surface area contributed by atoms with Gasteiger partial charge in [0.25, 0.3) is 5.91 Å². The van der Waals surface area contributed by atoms with Gasteiger partial charge in [-0.05, 0) is 25.8 Å². The average Bonchev–Trinajstić information content (AvgIpc) is 3.12. The SMILES string of the molecule is CC[C@@H]1CN(C(=O)c2cnn(C(C)C)c2)CCC(=O)N1Cc1ccccc1. The predicted octanol–water partition coefficient (Wildman–Crippen LogP) is 3.12. The molecule has 1 saturated heterocycles. The van der Waals surface area contributed by atoms with Crippen molar-refractivity contribution in [3.05, 3.63) is 53.9 Å². The van der Waals surface area contributed by atoms with Crippen molar-refractivity contribution in [2.24, 2.45) is 0 Å². The van der Waals surface area contributed by atoms with E-state index >= 15 is 0 Å². The number of carbonyl (C=O) groups excluding carboxylic acids is 2. The highest BCUT2D eigenvalue weighted by molar-refractivity contribution is 5.94. The molecule has 1 aromatic heterocycles. The molecule has 1 aromatic carbocycles. The molecule has 2 amide bonds. The summed E-state index contributed by atoms with van der Waals surface area (Å²) >= 11 is 0. The molecule has 0 N–H and O–H groups in total. The van der Waals surface area contributed by atoms with Gasteiger partial charge in [0.2, 0.25) is 5.91 Å². The van der Waals surface area contributed by atoms with E-state index in [2.05, 4.69) is 12.0 Å². The summed E-state index contributed by atoms with van der Waals surface area (Å²) in [5, 5.41) is 4.27. The van der Waals surface area contributed by atoms with Crippen LogP contribution in [0.1, 0.15) is 55.6 Å². The number of benzene rings is 1. The summed E-state index contributed by atoms with van der Waals surface area (Å²) in [6, 6.07) is 10.2. The lowest BCUT2D eigenvalue weighted by molar-refractivity contribution is -0.133. The fraction of sp³-hybridized carbons (Fsp3) is 0.476. The van der Waals surface area contributed by atoms with Gasteiger partial charge >= 0.3 is 0 Å². The Balaban J connectivity index is 1.76. The summed E-state index contributed by atoms with van der Waals surface area (Å²) in [5.74, 6) is 0.0635. The zero-order valence-electron chi connectivity index (χ0n) is 16.3. The molecule has 27 heavy (non-hydrogen) atoms. The van der Waals surface area contributed by atoms with Gasteiger partial charge in [-0.3, -0.25) is 14.3 Å². The maximum atomic E-state index is 13.0. The molecule has 6 nitrogen and oxygen atoms in total. The van der Waals surface area contributed by atoms with Gasteiger partial charge in [0, 0.05) is 44.3 Å². The van der Waals surface area contributed by atoms with E-state index in [4.69, 9.17) is 0 Å². The number of amides is 2. The Morgan fingerprint density at radius 2 is 2.00 bits per heavy atom. The molecule has 144 valence electrons. The van der Waals surface area contributed by atoms with Crippen LogP contribution >= 0.6 is 0 Å². The number of aromatic nitrogens is 2. The number of nitrogens with zero attached hydrogens (tertiary/aromatic N) is 4. The van der Waals surface area contributed by atoms with Crippen LogP contribution in [0.15, 0.2) is 42.7 Å². The summed E-state index contributed by atoms with van der Waals surface area (Å²) < 4.78 is 1.79. The minimum Gasteiger partial charge on any atom is -0.336 e. The van der Waals surface area contributed by atoms with Crippen molar-refractivity contribution in [3.63, 3.8) is 0 Å². The Labute approximate surface area is 160 Å². The lowest BCUT2D eigenvalue weighted by Crippen LogP contribution is -2.43. The molecule has 3 rings (SSSR count). The summed E-state index contributed by atoms with van der Waals surface area (Å²) in [6.45, 7) is 7.72. The smallest absolute Gasteiger partial charge is 0.257 e. The zero-order chi connectivity index (χ0) is 19.4. The third-order valence-electron chi connectivity index (χ3n) is 5.12. The van der Waals surface area contributed by atoms with Crippen molar-refractivity contribution in [2.45, 2.75) is 52.2 Å². The summed E-state index contributed by atoms with van der Waals surface area (Å²) in [7, 11) is 0. The highest BCUT2D eigenvalue weighted by Crippen LogP contribution is 2.19. The van der Waals surface area contributed by atoms with E-state index in [1.54, 1.807) is 22.0 Å². The van der Waals surface area contributed by atoms with Crippen molar-refractivity contribution in [2.75, 3.05) is 13.1 Å². The Bertz CT molecular complexity index is 784. The van der Waals surface area contributed by atoms with Gasteiger partial charge in [0.05, 0.1) is 11.8 Å². The van der Waals surface area contributed by atoms with Crippen molar-refractivity contribution in [1.82, 2.24) is 19.6 Å². The van der Waals surface area contributed by atoms with E-state index in [9.17, 15) is 9.59 Å². The third kappa shape index (κ3) is 4.38. The summed E-state index contributed by atoms with van der Waals surface area (Å²) in [5.41, 5.74) is 1.70. The molecule has 2 heterocycles. The van der Waals surface area contributed by atoms with Crippen LogP contribution in [0, 0.1) is 0 Å².